The van der Waals surface area contributed by atoms with Crippen molar-refractivity contribution in [3.8, 4) is 0 Å². The monoisotopic (exact) mass is 192 g/mol. The largest absolute Gasteiger partial charge is 0.330 e. The van der Waals surface area contributed by atoms with Gasteiger partial charge in [0.2, 0.25) is 0 Å². The molecular weight excluding hydrogens is 172 g/mol. The van der Waals surface area contributed by atoms with Crippen molar-refractivity contribution in [2.24, 2.45) is 11.5 Å². The molecule has 0 aliphatic heterocycles. The lowest BCUT2D eigenvalue weighted by Gasteiger charge is -2.11. The summed E-state index contributed by atoms with van der Waals surface area (Å²) in [6.07, 6.45) is 1.94. The Morgan fingerprint density at radius 1 is 0.929 bits per heavy atom. The van der Waals surface area contributed by atoms with E-state index in [2.05, 4.69) is 26.0 Å². The molecule has 0 atom stereocenters. The fraction of sp³-hybridized carbons (Fsp3) is 0.500. The van der Waals surface area contributed by atoms with Crippen molar-refractivity contribution >= 4 is 0 Å². The Morgan fingerprint density at radius 2 is 1.43 bits per heavy atom. The summed E-state index contributed by atoms with van der Waals surface area (Å²) in [5, 5.41) is 0. The molecule has 0 heterocycles. The lowest BCUT2D eigenvalue weighted by Crippen LogP contribution is -2.08. The molecule has 14 heavy (non-hydrogen) atoms. The second kappa shape index (κ2) is 5.13. The molecule has 0 aromatic heterocycles. The van der Waals surface area contributed by atoms with Crippen molar-refractivity contribution < 1.29 is 0 Å². The van der Waals surface area contributed by atoms with Gasteiger partial charge in [-0.05, 0) is 62.0 Å². The normalized spacial score (nSPS) is 10.6. The summed E-state index contributed by atoms with van der Waals surface area (Å²) in [7, 11) is 0. The molecule has 2 heteroatoms. The van der Waals surface area contributed by atoms with Crippen LogP contribution in [0, 0.1) is 13.8 Å². The molecule has 0 aliphatic carbocycles. The van der Waals surface area contributed by atoms with E-state index in [1.165, 1.54) is 22.3 Å². The first-order valence-corrected chi connectivity index (χ1v) is 5.18. The van der Waals surface area contributed by atoms with Gasteiger partial charge in [-0.15, -0.1) is 0 Å². The van der Waals surface area contributed by atoms with E-state index in [0.717, 1.165) is 25.9 Å². The molecule has 0 unspecified atom stereocenters. The number of hydrogen-bond acceptors (Lipinski definition) is 2. The third-order valence-electron chi connectivity index (χ3n) is 2.58. The summed E-state index contributed by atoms with van der Waals surface area (Å²) in [5.74, 6) is 0. The van der Waals surface area contributed by atoms with Crippen LogP contribution in [0.25, 0.3) is 0 Å². The van der Waals surface area contributed by atoms with E-state index in [-0.39, 0.29) is 0 Å². The average Bonchev–Trinajstić information content (AvgIpc) is 2.12. The first kappa shape index (κ1) is 11.2. The topological polar surface area (TPSA) is 52.0 Å². The van der Waals surface area contributed by atoms with Crippen LogP contribution < -0.4 is 11.5 Å². The van der Waals surface area contributed by atoms with Crippen LogP contribution in [0.4, 0.5) is 0 Å². The smallest absolute Gasteiger partial charge is 0.00365 e. The average molecular weight is 192 g/mol. The minimum absolute atomic E-state index is 0.717. The van der Waals surface area contributed by atoms with Gasteiger partial charge < -0.3 is 11.5 Å². The molecule has 0 fully saturated rings. The van der Waals surface area contributed by atoms with E-state index < -0.39 is 0 Å². The van der Waals surface area contributed by atoms with Crippen molar-refractivity contribution in [2.75, 3.05) is 13.1 Å². The second-order valence-corrected chi connectivity index (χ2v) is 3.79. The van der Waals surface area contributed by atoms with Crippen molar-refractivity contribution in [3.63, 3.8) is 0 Å². The summed E-state index contributed by atoms with van der Waals surface area (Å²) < 4.78 is 0. The third-order valence-corrected chi connectivity index (χ3v) is 2.58. The van der Waals surface area contributed by atoms with Gasteiger partial charge in [0.25, 0.3) is 0 Å². The summed E-state index contributed by atoms with van der Waals surface area (Å²) in [4.78, 5) is 0. The maximum absolute atomic E-state index is 5.58. The van der Waals surface area contributed by atoms with E-state index in [4.69, 9.17) is 11.5 Å². The fourth-order valence-corrected chi connectivity index (χ4v) is 1.93. The fourth-order valence-electron chi connectivity index (χ4n) is 1.93. The summed E-state index contributed by atoms with van der Waals surface area (Å²) in [6.45, 7) is 5.74. The lowest BCUT2D eigenvalue weighted by molar-refractivity contribution is 0.927. The first-order valence-electron chi connectivity index (χ1n) is 5.18. The van der Waals surface area contributed by atoms with Crippen molar-refractivity contribution in [1.29, 1.82) is 0 Å². The van der Waals surface area contributed by atoms with Gasteiger partial charge in [0.1, 0.15) is 0 Å². The van der Waals surface area contributed by atoms with Gasteiger partial charge in [-0.2, -0.15) is 0 Å². The highest BCUT2D eigenvalue weighted by Crippen LogP contribution is 2.17. The molecule has 1 rings (SSSR count). The van der Waals surface area contributed by atoms with Gasteiger partial charge in [-0.1, -0.05) is 12.1 Å². The first-order chi connectivity index (χ1) is 6.69. The van der Waals surface area contributed by atoms with Gasteiger partial charge >= 0.3 is 0 Å². The summed E-state index contributed by atoms with van der Waals surface area (Å²) >= 11 is 0. The Morgan fingerprint density at radius 3 is 1.86 bits per heavy atom. The van der Waals surface area contributed by atoms with E-state index in [1.807, 2.05) is 0 Å². The second-order valence-electron chi connectivity index (χ2n) is 3.79. The van der Waals surface area contributed by atoms with Crippen molar-refractivity contribution in [2.45, 2.75) is 26.7 Å². The quantitative estimate of drug-likeness (QED) is 0.755. The molecular formula is C12H20N2. The van der Waals surface area contributed by atoms with Crippen LogP contribution >= 0.6 is 0 Å². The highest BCUT2D eigenvalue weighted by Gasteiger charge is 2.03. The minimum Gasteiger partial charge on any atom is -0.330 e. The number of benzene rings is 1. The van der Waals surface area contributed by atoms with Crippen LogP contribution in [0.2, 0.25) is 0 Å². The Kier molecular flexibility index (Phi) is 4.11. The van der Waals surface area contributed by atoms with Gasteiger partial charge in [0.05, 0.1) is 0 Å². The van der Waals surface area contributed by atoms with Crippen LogP contribution in [0.3, 0.4) is 0 Å². The molecule has 0 spiro atoms. The molecule has 0 bridgehead atoms. The SMILES string of the molecule is Cc1cc(CCN)cc(C)c1CCN. The van der Waals surface area contributed by atoms with E-state index >= 15 is 0 Å². The molecule has 4 N–H and O–H groups in total. The molecule has 1 aromatic carbocycles. The maximum atomic E-state index is 5.58. The molecule has 78 valence electrons. The molecule has 0 radical (unpaired) electrons. The van der Waals surface area contributed by atoms with Gasteiger partial charge in [0, 0.05) is 0 Å². The van der Waals surface area contributed by atoms with Crippen LogP contribution in [-0.4, -0.2) is 13.1 Å². The number of hydrogen-bond donors (Lipinski definition) is 2. The third kappa shape index (κ3) is 2.56. The van der Waals surface area contributed by atoms with Gasteiger partial charge in [-0.25, -0.2) is 0 Å². The summed E-state index contributed by atoms with van der Waals surface area (Å²) in [5.41, 5.74) is 16.5. The van der Waals surface area contributed by atoms with Crippen LogP contribution in [0.15, 0.2) is 12.1 Å². The van der Waals surface area contributed by atoms with E-state index in [1.54, 1.807) is 0 Å². The zero-order valence-corrected chi connectivity index (χ0v) is 9.14. The molecule has 1 aromatic rings. The Balaban J connectivity index is 2.98. The predicted octanol–water partition coefficient (Wildman–Crippen LogP) is 1.31. The maximum Gasteiger partial charge on any atom is -0.00365 e. The van der Waals surface area contributed by atoms with Gasteiger partial charge in [-0.3, -0.25) is 0 Å². The summed E-state index contributed by atoms with van der Waals surface area (Å²) in [6, 6.07) is 4.45. The number of rotatable bonds is 4. The van der Waals surface area contributed by atoms with E-state index in [9.17, 15) is 0 Å². The molecule has 0 amide bonds. The molecule has 0 aliphatic rings. The highest BCUT2D eigenvalue weighted by atomic mass is 14.5. The lowest BCUT2D eigenvalue weighted by atomic mass is 9.96. The minimum atomic E-state index is 0.717. The van der Waals surface area contributed by atoms with Crippen LogP contribution in [0.1, 0.15) is 22.3 Å². The Labute approximate surface area is 86.3 Å². The Bertz CT molecular complexity index is 282. The molecule has 2 nitrogen and oxygen atoms in total. The zero-order chi connectivity index (χ0) is 10.6. The number of aryl methyl sites for hydroxylation is 2. The number of nitrogens with two attached hydrogens (primary N) is 2. The standard InChI is InChI=1S/C12H20N2/c1-9-7-11(3-5-13)8-10(2)12(9)4-6-14/h7-8H,3-6,13-14H2,1-2H3. The van der Waals surface area contributed by atoms with Crippen LogP contribution in [0.5, 0.6) is 0 Å². The van der Waals surface area contributed by atoms with Gasteiger partial charge in [0.15, 0.2) is 0 Å². The highest BCUT2D eigenvalue weighted by molar-refractivity contribution is 5.38. The Hall–Kier alpha value is -0.860. The predicted molar refractivity (Wildman–Crippen MR) is 61.4 cm³/mol. The molecule has 0 saturated carbocycles. The molecule has 0 saturated heterocycles. The van der Waals surface area contributed by atoms with E-state index in [0.29, 0.717) is 0 Å². The zero-order valence-electron chi connectivity index (χ0n) is 9.14. The van der Waals surface area contributed by atoms with Crippen molar-refractivity contribution in [3.05, 3.63) is 34.4 Å². The van der Waals surface area contributed by atoms with Crippen molar-refractivity contribution in [1.82, 2.24) is 0 Å². The van der Waals surface area contributed by atoms with Crippen LogP contribution in [-0.2, 0) is 12.8 Å².